The van der Waals surface area contributed by atoms with E-state index in [0.717, 1.165) is 31.2 Å². The van der Waals surface area contributed by atoms with Crippen molar-refractivity contribution in [1.82, 2.24) is 10.1 Å². The average molecular weight is 275 g/mol. The number of benzene rings is 1. The maximum Gasteiger partial charge on any atom is 0.247 e. The van der Waals surface area contributed by atoms with Gasteiger partial charge in [-0.2, -0.15) is 4.98 Å². The van der Waals surface area contributed by atoms with Gasteiger partial charge < -0.3 is 10.3 Å². The Morgan fingerprint density at radius 3 is 2.55 bits per heavy atom. The van der Waals surface area contributed by atoms with Crippen LogP contribution in [-0.4, -0.2) is 10.1 Å². The summed E-state index contributed by atoms with van der Waals surface area (Å²) >= 11 is 0. The quantitative estimate of drug-likeness (QED) is 0.913. The average Bonchev–Trinajstić information content (AvgIpc) is 2.94. The fourth-order valence-corrected chi connectivity index (χ4v) is 2.63. The fourth-order valence-electron chi connectivity index (χ4n) is 2.63. The predicted octanol–water partition coefficient (Wildman–Crippen LogP) is 3.24. The molecule has 0 bridgehead atoms. The molecule has 5 heteroatoms. The molecule has 1 saturated carbocycles. The molecular formula is C15H18FN3O. The molecule has 0 aliphatic heterocycles. The zero-order chi connectivity index (χ0) is 14.2. The van der Waals surface area contributed by atoms with Crippen molar-refractivity contribution in [3.8, 4) is 11.4 Å². The zero-order valence-corrected chi connectivity index (χ0v) is 11.5. The molecule has 106 valence electrons. The summed E-state index contributed by atoms with van der Waals surface area (Å²) in [6.45, 7) is 2.23. The molecule has 0 radical (unpaired) electrons. The smallest absolute Gasteiger partial charge is 0.247 e. The highest BCUT2D eigenvalue weighted by Crippen LogP contribution is 2.37. The first-order valence-corrected chi connectivity index (χ1v) is 6.96. The highest BCUT2D eigenvalue weighted by molar-refractivity contribution is 5.53. The van der Waals surface area contributed by atoms with Crippen molar-refractivity contribution in [2.24, 2.45) is 11.7 Å². The molecule has 1 aliphatic carbocycles. The van der Waals surface area contributed by atoms with E-state index in [2.05, 4.69) is 17.1 Å². The first-order valence-electron chi connectivity index (χ1n) is 6.96. The number of nitrogens with two attached hydrogens (primary N) is 1. The van der Waals surface area contributed by atoms with Crippen molar-refractivity contribution in [2.45, 2.75) is 38.1 Å². The summed E-state index contributed by atoms with van der Waals surface area (Å²) in [5.74, 6) is 1.37. The Bertz CT molecular complexity index is 585. The van der Waals surface area contributed by atoms with Gasteiger partial charge in [0.15, 0.2) is 0 Å². The van der Waals surface area contributed by atoms with E-state index in [-0.39, 0.29) is 5.82 Å². The van der Waals surface area contributed by atoms with Crippen LogP contribution in [0.25, 0.3) is 11.4 Å². The van der Waals surface area contributed by atoms with E-state index in [0.29, 0.717) is 17.6 Å². The van der Waals surface area contributed by atoms with Crippen molar-refractivity contribution < 1.29 is 8.91 Å². The van der Waals surface area contributed by atoms with Crippen molar-refractivity contribution in [2.75, 3.05) is 0 Å². The molecule has 4 nitrogen and oxygen atoms in total. The largest absolute Gasteiger partial charge is 0.337 e. The SMILES string of the molecule is CC1CCC(N)(c2nc(-c3ccc(F)cc3)no2)CC1. The van der Waals surface area contributed by atoms with E-state index in [1.165, 1.54) is 12.1 Å². The minimum Gasteiger partial charge on any atom is -0.337 e. The van der Waals surface area contributed by atoms with Crippen molar-refractivity contribution in [3.63, 3.8) is 0 Å². The van der Waals surface area contributed by atoms with Crippen LogP contribution < -0.4 is 5.73 Å². The lowest BCUT2D eigenvalue weighted by Crippen LogP contribution is -2.40. The lowest BCUT2D eigenvalue weighted by atomic mass is 9.78. The maximum absolute atomic E-state index is 12.9. The Labute approximate surface area is 117 Å². The van der Waals surface area contributed by atoms with Crippen LogP contribution in [0, 0.1) is 11.7 Å². The molecule has 0 saturated heterocycles. The van der Waals surface area contributed by atoms with Gasteiger partial charge in [0.2, 0.25) is 11.7 Å². The lowest BCUT2D eigenvalue weighted by molar-refractivity contribution is 0.190. The van der Waals surface area contributed by atoms with Crippen LogP contribution in [0.15, 0.2) is 28.8 Å². The van der Waals surface area contributed by atoms with E-state index in [4.69, 9.17) is 10.3 Å². The summed E-state index contributed by atoms with van der Waals surface area (Å²) in [6.07, 6.45) is 3.87. The number of halogens is 1. The van der Waals surface area contributed by atoms with Gasteiger partial charge in [-0.1, -0.05) is 12.1 Å². The molecule has 1 aromatic carbocycles. The van der Waals surface area contributed by atoms with Crippen LogP contribution in [-0.2, 0) is 5.54 Å². The van der Waals surface area contributed by atoms with Gasteiger partial charge >= 0.3 is 0 Å². The van der Waals surface area contributed by atoms with E-state index >= 15 is 0 Å². The van der Waals surface area contributed by atoms with Gasteiger partial charge in [0.1, 0.15) is 5.82 Å². The maximum atomic E-state index is 12.9. The van der Waals surface area contributed by atoms with Gasteiger partial charge in [0.25, 0.3) is 0 Å². The Morgan fingerprint density at radius 2 is 1.90 bits per heavy atom. The molecule has 2 aromatic rings. The third-order valence-electron chi connectivity index (χ3n) is 4.12. The first kappa shape index (κ1) is 13.2. The Balaban J connectivity index is 1.85. The monoisotopic (exact) mass is 275 g/mol. The van der Waals surface area contributed by atoms with E-state index in [9.17, 15) is 4.39 Å². The summed E-state index contributed by atoms with van der Waals surface area (Å²) in [5.41, 5.74) is 6.62. The number of aromatic nitrogens is 2. The minimum absolute atomic E-state index is 0.283. The Morgan fingerprint density at radius 1 is 1.25 bits per heavy atom. The second-order valence-corrected chi connectivity index (χ2v) is 5.77. The van der Waals surface area contributed by atoms with Crippen molar-refractivity contribution >= 4 is 0 Å². The van der Waals surface area contributed by atoms with Crippen LogP contribution >= 0.6 is 0 Å². The fraction of sp³-hybridized carbons (Fsp3) is 0.467. The summed E-state index contributed by atoms with van der Waals surface area (Å²) in [7, 11) is 0. The molecule has 0 spiro atoms. The summed E-state index contributed by atoms with van der Waals surface area (Å²) < 4.78 is 18.3. The molecule has 1 aromatic heterocycles. The molecule has 0 unspecified atom stereocenters. The number of hydrogen-bond acceptors (Lipinski definition) is 4. The highest BCUT2D eigenvalue weighted by atomic mass is 19.1. The summed E-state index contributed by atoms with van der Waals surface area (Å²) in [6, 6.07) is 6.03. The van der Waals surface area contributed by atoms with Crippen LogP contribution in [0.2, 0.25) is 0 Å². The first-order chi connectivity index (χ1) is 9.57. The second-order valence-electron chi connectivity index (χ2n) is 5.77. The molecule has 1 heterocycles. The third kappa shape index (κ3) is 2.45. The van der Waals surface area contributed by atoms with Gasteiger partial charge in [0, 0.05) is 5.56 Å². The number of hydrogen-bond donors (Lipinski definition) is 1. The molecule has 20 heavy (non-hydrogen) atoms. The minimum atomic E-state index is -0.516. The molecule has 0 atom stereocenters. The van der Waals surface area contributed by atoms with Gasteiger partial charge in [0.05, 0.1) is 5.54 Å². The van der Waals surface area contributed by atoms with Crippen LogP contribution in [0.4, 0.5) is 4.39 Å². The molecule has 2 N–H and O–H groups in total. The van der Waals surface area contributed by atoms with Gasteiger partial charge in [-0.3, -0.25) is 0 Å². The molecule has 1 aliphatic rings. The van der Waals surface area contributed by atoms with Crippen molar-refractivity contribution in [1.29, 1.82) is 0 Å². The molecule has 0 amide bonds. The Kier molecular flexibility index (Phi) is 3.30. The van der Waals surface area contributed by atoms with Crippen LogP contribution in [0.3, 0.4) is 0 Å². The second kappa shape index (κ2) is 4.98. The lowest BCUT2D eigenvalue weighted by Gasteiger charge is -2.32. The normalized spacial score (nSPS) is 26.6. The van der Waals surface area contributed by atoms with Gasteiger partial charge in [-0.25, -0.2) is 4.39 Å². The van der Waals surface area contributed by atoms with Crippen LogP contribution in [0.5, 0.6) is 0 Å². The third-order valence-corrected chi connectivity index (χ3v) is 4.12. The van der Waals surface area contributed by atoms with Crippen LogP contribution in [0.1, 0.15) is 38.5 Å². The predicted molar refractivity (Wildman–Crippen MR) is 73.2 cm³/mol. The Hall–Kier alpha value is -1.75. The van der Waals surface area contributed by atoms with E-state index in [1.54, 1.807) is 12.1 Å². The van der Waals surface area contributed by atoms with Crippen molar-refractivity contribution in [3.05, 3.63) is 36.0 Å². The summed E-state index contributed by atoms with van der Waals surface area (Å²) in [5, 5.41) is 3.97. The molecular weight excluding hydrogens is 257 g/mol. The highest BCUT2D eigenvalue weighted by Gasteiger charge is 2.37. The standard InChI is InChI=1S/C15H18FN3O/c1-10-6-8-15(17,9-7-10)14-18-13(19-20-14)11-2-4-12(16)5-3-11/h2-5,10H,6-9,17H2,1H3. The number of nitrogens with zero attached hydrogens (tertiary/aromatic N) is 2. The zero-order valence-electron chi connectivity index (χ0n) is 11.5. The number of rotatable bonds is 2. The van der Waals surface area contributed by atoms with Gasteiger partial charge in [-0.05, 0) is 55.9 Å². The van der Waals surface area contributed by atoms with Gasteiger partial charge in [-0.15, -0.1) is 0 Å². The summed E-state index contributed by atoms with van der Waals surface area (Å²) in [4.78, 5) is 4.41. The van der Waals surface area contributed by atoms with E-state index < -0.39 is 5.54 Å². The molecule has 3 rings (SSSR count). The molecule has 1 fully saturated rings. The van der Waals surface area contributed by atoms with E-state index in [1.807, 2.05) is 0 Å². The topological polar surface area (TPSA) is 64.9 Å².